The first-order valence-corrected chi connectivity index (χ1v) is 5.40. The van der Waals surface area contributed by atoms with Crippen molar-refractivity contribution in [2.24, 2.45) is 0 Å². The number of amides is 2. The van der Waals surface area contributed by atoms with E-state index >= 15 is 0 Å². The van der Waals surface area contributed by atoms with Gasteiger partial charge in [0, 0.05) is 6.54 Å². The van der Waals surface area contributed by atoms with Gasteiger partial charge in [-0.05, 0) is 6.92 Å². The van der Waals surface area contributed by atoms with E-state index in [1.54, 1.807) is 6.92 Å². The Morgan fingerprint density at radius 3 is 2.59 bits per heavy atom. The molecule has 0 bridgehead atoms. The molecule has 0 aromatic heterocycles. The van der Waals surface area contributed by atoms with Crippen molar-refractivity contribution in [2.45, 2.75) is 19.4 Å². The van der Waals surface area contributed by atoms with Gasteiger partial charge >= 0.3 is 5.97 Å². The second-order valence-corrected chi connectivity index (χ2v) is 3.80. The number of piperazine rings is 1. The van der Waals surface area contributed by atoms with E-state index in [0.717, 1.165) is 0 Å². The Bertz CT molecular complexity index is 302. The number of hydrogen-bond acceptors (Lipinski definition) is 6. The Labute approximate surface area is 98.7 Å². The van der Waals surface area contributed by atoms with Crippen molar-refractivity contribution in [1.82, 2.24) is 10.2 Å². The number of esters is 1. The van der Waals surface area contributed by atoms with Gasteiger partial charge in [-0.3, -0.25) is 24.6 Å². The molecule has 7 heteroatoms. The zero-order valence-electron chi connectivity index (χ0n) is 9.64. The van der Waals surface area contributed by atoms with Gasteiger partial charge in [-0.2, -0.15) is 0 Å². The van der Waals surface area contributed by atoms with E-state index in [4.69, 9.17) is 0 Å². The predicted octanol–water partition coefficient (Wildman–Crippen LogP) is -1.74. The lowest BCUT2D eigenvalue weighted by molar-refractivity contribution is -0.145. The van der Waals surface area contributed by atoms with E-state index in [0.29, 0.717) is 0 Å². The summed E-state index contributed by atoms with van der Waals surface area (Å²) in [6.07, 6.45) is -1.08. The van der Waals surface area contributed by atoms with Crippen LogP contribution < -0.4 is 5.32 Å². The monoisotopic (exact) mass is 244 g/mol. The summed E-state index contributed by atoms with van der Waals surface area (Å²) in [5, 5.41) is 11.7. The molecule has 17 heavy (non-hydrogen) atoms. The zero-order valence-corrected chi connectivity index (χ0v) is 9.64. The van der Waals surface area contributed by atoms with E-state index in [9.17, 15) is 19.5 Å². The third-order valence-electron chi connectivity index (χ3n) is 2.19. The van der Waals surface area contributed by atoms with Crippen LogP contribution in [-0.2, 0) is 19.1 Å². The molecular formula is C10H16N2O5. The lowest BCUT2D eigenvalue weighted by atomic mass is 10.2. The third kappa shape index (κ3) is 4.92. The van der Waals surface area contributed by atoms with Crippen molar-refractivity contribution >= 4 is 17.8 Å². The molecule has 0 aromatic carbocycles. The summed E-state index contributed by atoms with van der Waals surface area (Å²) in [7, 11) is 0. The van der Waals surface area contributed by atoms with Gasteiger partial charge in [-0.15, -0.1) is 0 Å². The first-order chi connectivity index (χ1) is 8.01. The number of nitrogens with one attached hydrogen (secondary N) is 1. The highest BCUT2D eigenvalue weighted by molar-refractivity contribution is 5.99. The molecule has 2 N–H and O–H groups in total. The van der Waals surface area contributed by atoms with Crippen LogP contribution in [0.1, 0.15) is 13.3 Å². The van der Waals surface area contributed by atoms with Crippen molar-refractivity contribution in [1.29, 1.82) is 0 Å². The number of imide groups is 1. The molecule has 0 saturated carbocycles. The number of rotatable bonds is 5. The van der Waals surface area contributed by atoms with Gasteiger partial charge in [0.25, 0.3) is 0 Å². The van der Waals surface area contributed by atoms with Gasteiger partial charge in [0.2, 0.25) is 11.8 Å². The van der Waals surface area contributed by atoms with Gasteiger partial charge in [-0.25, -0.2) is 0 Å². The average Bonchev–Trinajstić information content (AvgIpc) is 2.14. The molecule has 1 aliphatic heterocycles. The van der Waals surface area contributed by atoms with E-state index in [1.807, 2.05) is 0 Å². The van der Waals surface area contributed by atoms with Crippen LogP contribution in [0.3, 0.4) is 0 Å². The minimum Gasteiger partial charge on any atom is -0.466 e. The van der Waals surface area contributed by atoms with Crippen molar-refractivity contribution in [3.63, 3.8) is 0 Å². The minimum atomic E-state index is -0.937. The highest BCUT2D eigenvalue weighted by Gasteiger charge is 2.25. The van der Waals surface area contributed by atoms with Gasteiger partial charge < -0.3 is 9.84 Å². The molecule has 1 fully saturated rings. The fourth-order valence-corrected chi connectivity index (χ4v) is 1.60. The highest BCUT2D eigenvalue weighted by Crippen LogP contribution is 2.01. The SMILES string of the molecule is CCOC(=O)CC(O)CN1CC(=O)NC(=O)C1. The Morgan fingerprint density at radius 2 is 2.06 bits per heavy atom. The number of carbonyl (C=O) groups is 3. The lowest BCUT2D eigenvalue weighted by Crippen LogP contribution is -2.53. The Balaban J connectivity index is 2.35. The minimum absolute atomic E-state index is 0.0472. The maximum Gasteiger partial charge on any atom is 0.308 e. The summed E-state index contributed by atoms with van der Waals surface area (Å²) in [6, 6.07) is 0. The molecule has 1 rings (SSSR count). The predicted molar refractivity (Wildman–Crippen MR) is 56.8 cm³/mol. The molecule has 1 heterocycles. The number of hydrogen-bond donors (Lipinski definition) is 2. The molecule has 2 amide bonds. The first kappa shape index (κ1) is 13.6. The molecule has 1 unspecified atom stereocenters. The summed E-state index contributed by atoms with van der Waals surface area (Å²) >= 11 is 0. The summed E-state index contributed by atoms with van der Waals surface area (Å²) in [4.78, 5) is 34.7. The van der Waals surface area contributed by atoms with Crippen LogP contribution in [0.5, 0.6) is 0 Å². The average molecular weight is 244 g/mol. The second-order valence-electron chi connectivity index (χ2n) is 3.80. The zero-order chi connectivity index (χ0) is 12.8. The van der Waals surface area contributed by atoms with Crippen LogP contribution in [0.4, 0.5) is 0 Å². The molecule has 0 spiro atoms. The van der Waals surface area contributed by atoms with Crippen LogP contribution in [0, 0.1) is 0 Å². The van der Waals surface area contributed by atoms with Gasteiger partial charge in [0.15, 0.2) is 0 Å². The van der Waals surface area contributed by atoms with Crippen LogP contribution in [-0.4, -0.2) is 60.1 Å². The molecule has 1 aliphatic rings. The first-order valence-electron chi connectivity index (χ1n) is 5.40. The number of nitrogens with zero attached hydrogens (tertiary/aromatic N) is 1. The maximum absolute atomic E-state index is 11.1. The Morgan fingerprint density at radius 1 is 1.47 bits per heavy atom. The van der Waals surface area contributed by atoms with Crippen LogP contribution >= 0.6 is 0 Å². The summed E-state index contributed by atoms with van der Waals surface area (Å²) in [6.45, 7) is 2.13. The van der Waals surface area contributed by atoms with E-state index in [-0.39, 0.29) is 32.7 Å². The van der Waals surface area contributed by atoms with Crippen molar-refractivity contribution in [3.05, 3.63) is 0 Å². The number of β-amino-alcohol motifs (C(OH)–C–C–N with tert-alkyl or cyclic N) is 1. The number of ether oxygens (including phenoxy) is 1. The molecule has 96 valence electrons. The van der Waals surface area contributed by atoms with E-state index in [1.165, 1.54) is 4.90 Å². The third-order valence-corrected chi connectivity index (χ3v) is 2.19. The standard InChI is InChI=1S/C10H16N2O5/c1-2-17-10(16)3-7(13)4-12-5-8(14)11-9(15)6-12/h7,13H,2-6H2,1H3,(H,11,14,15). The normalized spacial score (nSPS) is 18.7. The Hall–Kier alpha value is -1.47. The molecule has 0 aliphatic carbocycles. The quantitative estimate of drug-likeness (QED) is 0.440. The smallest absolute Gasteiger partial charge is 0.308 e. The largest absolute Gasteiger partial charge is 0.466 e. The lowest BCUT2D eigenvalue weighted by Gasteiger charge is -2.26. The van der Waals surface area contributed by atoms with Crippen molar-refractivity contribution in [2.75, 3.05) is 26.2 Å². The summed E-state index contributed by atoms with van der Waals surface area (Å²) in [5.74, 6) is -1.29. The van der Waals surface area contributed by atoms with Crippen molar-refractivity contribution in [3.8, 4) is 0 Å². The van der Waals surface area contributed by atoms with Gasteiger partial charge in [0.05, 0.1) is 32.2 Å². The van der Waals surface area contributed by atoms with Crippen LogP contribution in [0.25, 0.3) is 0 Å². The molecule has 1 atom stereocenters. The van der Waals surface area contributed by atoms with Crippen LogP contribution in [0.15, 0.2) is 0 Å². The van der Waals surface area contributed by atoms with E-state index < -0.39 is 23.9 Å². The highest BCUT2D eigenvalue weighted by atomic mass is 16.5. The second kappa shape index (κ2) is 6.31. The molecule has 0 aromatic rings. The van der Waals surface area contributed by atoms with E-state index in [2.05, 4.69) is 10.1 Å². The number of carbonyl (C=O) groups excluding carboxylic acids is 3. The number of aliphatic hydroxyl groups excluding tert-OH is 1. The van der Waals surface area contributed by atoms with Gasteiger partial charge in [0.1, 0.15) is 0 Å². The topological polar surface area (TPSA) is 95.9 Å². The van der Waals surface area contributed by atoms with Crippen LogP contribution in [0.2, 0.25) is 0 Å². The summed E-state index contributed by atoms with van der Waals surface area (Å²) < 4.78 is 4.68. The van der Waals surface area contributed by atoms with Crippen molar-refractivity contribution < 1.29 is 24.2 Å². The maximum atomic E-state index is 11.1. The molecular weight excluding hydrogens is 228 g/mol. The van der Waals surface area contributed by atoms with Gasteiger partial charge in [-0.1, -0.05) is 0 Å². The molecule has 1 saturated heterocycles. The number of aliphatic hydroxyl groups is 1. The Kier molecular flexibility index (Phi) is 5.05. The summed E-state index contributed by atoms with van der Waals surface area (Å²) in [5.41, 5.74) is 0. The fraction of sp³-hybridized carbons (Fsp3) is 0.700. The molecule has 0 radical (unpaired) electrons. The fourth-order valence-electron chi connectivity index (χ4n) is 1.60. The molecule has 7 nitrogen and oxygen atoms in total.